The van der Waals surface area contributed by atoms with Gasteiger partial charge in [0.1, 0.15) is 0 Å². The zero-order valence-corrected chi connectivity index (χ0v) is 14.2. The van der Waals surface area contributed by atoms with E-state index in [1.165, 1.54) is 0 Å². The Bertz CT molecular complexity index is 681. The van der Waals surface area contributed by atoms with Gasteiger partial charge in [-0.15, -0.1) is 0 Å². The quantitative estimate of drug-likeness (QED) is 0.754. The minimum atomic E-state index is 0.0174. The van der Waals surface area contributed by atoms with Crippen molar-refractivity contribution in [2.45, 2.75) is 19.8 Å². The van der Waals surface area contributed by atoms with Crippen LogP contribution >= 0.6 is 0 Å². The molecule has 2 rings (SSSR count). The molecule has 4 heteroatoms. The largest absolute Gasteiger partial charge is 0.493 e. The molecule has 0 spiro atoms. The van der Waals surface area contributed by atoms with Crippen molar-refractivity contribution in [3.8, 4) is 17.2 Å². The molecule has 0 heterocycles. The van der Waals surface area contributed by atoms with Gasteiger partial charge in [-0.3, -0.25) is 4.79 Å². The highest BCUT2D eigenvalue weighted by Crippen LogP contribution is 2.41. The summed E-state index contributed by atoms with van der Waals surface area (Å²) >= 11 is 0. The van der Waals surface area contributed by atoms with E-state index in [2.05, 4.69) is 6.92 Å². The summed E-state index contributed by atoms with van der Waals surface area (Å²) in [4.78, 5) is 11.9. The Balaban J connectivity index is 2.56. The number of carbonyl (C=O) groups excluding carboxylic acids is 1. The zero-order chi connectivity index (χ0) is 17.0. The van der Waals surface area contributed by atoms with Gasteiger partial charge >= 0.3 is 0 Å². The van der Waals surface area contributed by atoms with Crippen LogP contribution in [0, 0.1) is 0 Å². The Labute approximate surface area is 137 Å². The topological polar surface area (TPSA) is 44.8 Å². The minimum absolute atomic E-state index is 0.0174. The van der Waals surface area contributed by atoms with E-state index in [-0.39, 0.29) is 11.7 Å². The lowest BCUT2D eigenvalue weighted by Crippen LogP contribution is -2.05. The van der Waals surface area contributed by atoms with Gasteiger partial charge in [0.25, 0.3) is 0 Å². The molecular formula is C19H22O4. The van der Waals surface area contributed by atoms with Crippen molar-refractivity contribution in [3.05, 3.63) is 53.1 Å². The van der Waals surface area contributed by atoms with Crippen LogP contribution in [0.25, 0.3) is 0 Å². The maximum Gasteiger partial charge on any atom is 0.203 e. The average Bonchev–Trinajstić information content (AvgIpc) is 2.59. The standard InChI is InChI=1S/C19H22O4/c1-12(15-8-6-7-9-16(15)13(2)20)14-10-17(21-3)19(23-5)18(11-14)22-4/h6-12H,1-5H3. The molecule has 1 unspecified atom stereocenters. The summed E-state index contributed by atoms with van der Waals surface area (Å²) in [5.41, 5.74) is 2.70. The summed E-state index contributed by atoms with van der Waals surface area (Å²) in [5, 5.41) is 0. The fraction of sp³-hybridized carbons (Fsp3) is 0.316. The predicted molar refractivity (Wildman–Crippen MR) is 90.1 cm³/mol. The molecule has 0 aliphatic carbocycles. The van der Waals surface area contributed by atoms with Crippen molar-refractivity contribution in [1.82, 2.24) is 0 Å². The Hall–Kier alpha value is -2.49. The van der Waals surface area contributed by atoms with Gasteiger partial charge in [-0.05, 0) is 30.2 Å². The number of hydrogen-bond donors (Lipinski definition) is 0. The van der Waals surface area contributed by atoms with Gasteiger partial charge < -0.3 is 14.2 Å². The molecule has 23 heavy (non-hydrogen) atoms. The van der Waals surface area contributed by atoms with Crippen molar-refractivity contribution >= 4 is 5.78 Å². The highest BCUT2D eigenvalue weighted by molar-refractivity contribution is 5.95. The van der Waals surface area contributed by atoms with Crippen molar-refractivity contribution in [2.75, 3.05) is 21.3 Å². The van der Waals surface area contributed by atoms with Crippen LogP contribution in [0.3, 0.4) is 0 Å². The van der Waals surface area contributed by atoms with Crippen molar-refractivity contribution in [2.24, 2.45) is 0 Å². The lowest BCUT2D eigenvalue weighted by molar-refractivity contribution is 0.101. The summed E-state index contributed by atoms with van der Waals surface area (Å²) in [5.74, 6) is 1.84. The number of carbonyl (C=O) groups is 1. The molecule has 0 aliphatic heterocycles. The van der Waals surface area contributed by atoms with Crippen LogP contribution in [0.2, 0.25) is 0 Å². The second kappa shape index (κ2) is 7.18. The molecule has 1 atom stereocenters. The van der Waals surface area contributed by atoms with E-state index < -0.39 is 0 Å². The molecule has 2 aromatic carbocycles. The molecule has 0 aliphatic rings. The predicted octanol–water partition coefficient (Wildman–Crippen LogP) is 4.07. The molecule has 0 bridgehead atoms. The number of benzene rings is 2. The van der Waals surface area contributed by atoms with E-state index in [1.54, 1.807) is 28.3 Å². The molecule has 0 saturated carbocycles. The first kappa shape index (κ1) is 16.9. The van der Waals surface area contributed by atoms with Crippen LogP contribution in [0.4, 0.5) is 0 Å². The third-order valence-corrected chi connectivity index (χ3v) is 3.99. The Morgan fingerprint density at radius 1 is 0.957 bits per heavy atom. The SMILES string of the molecule is COc1cc(C(C)c2ccccc2C(C)=O)cc(OC)c1OC. The fourth-order valence-corrected chi connectivity index (χ4v) is 2.73. The first-order chi connectivity index (χ1) is 11.0. The fourth-order valence-electron chi connectivity index (χ4n) is 2.73. The van der Waals surface area contributed by atoms with Crippen LogP contribution in [0.5, 0.6) is 17.2 Å². The summed E-state index contributed by atoms with van der Waals surface area (Å²) < 4.78 is 16.2. The van der Waals surface area contributed by atoms with Gasteiger partial charge in [-0.25, -0.2) is 0 Å². The monoisotopic (exact) mass is 314 g/mol. The molecule has 4 nitrogen and oxygen atoms in total. The smallest absolute Gasteiger partial charge is 0.203 e. The van der Waals surface area contributed by atoms with Crippen LogP contribution < -0.4 is 14.2 Å². The van der Waals surface area contributed by atoms with Crippen LogP contribution in [0.15, 0.2) is 36.4 Å². The van der Waals surface area contributed by atoms with Crippen LogP contribution in [0.1, 0.15) is 41.3 Å². The first-order valence-electron chi connectivity index (χ1n) is 7.43. The number of methoxy groups -OCH3 is 3. The Morgan fingerprint density at radius 3 is 2.00 bits per heavy atom. The van der Waals surface area contributed by atoms with Crippen LogP contribution in [-0.2, 0) is 0 Å². The third-order valence-electron chi connectivity index (χ3n) is 3.99. The van der Waals surface area contributed by atoms with Gasteiger partial charge in [-0.1, -0.05) is 31.2 Å². The highest BCUT2D eigenvalue weighted by Gasteiger charge is 2.19. The third kappa shape index (κ3) is 3.31. The first-order valence-corrected chi connectivity index (χ1v) is 7.43. The van der Waals surface area contributed by atoms with Gasteiger partial charge in [-0.2, -0.15) is 0 Å². The van der Waals surface area contributed by atoms with Gasteiger partial charge in [0.2, 0.25) is 5.75 Å². The molecule has 0 aromatic heterocycles. The normalized spacial score (nSPS) is 11.7. The summed E-state index contributed by atoms with van der Waals surface area (Å²) in [7, 11) is 4.76. The number of ketones is 1. The Morgan fingerprint density at radius 2 is 1.52 bits per heavy atom. The molecule has 0 saturated heterocycles. The molecule has 0 radical (unpaired) electrons. The minimum Gasteiger partial charge on any atom is -0.493 e. The number of Topliss-reactive ketones (excluding diaryl/α,β-unsaturated/α-hetero) is 1. The average molecular weight is 314 g/mol. The lowest BCUT2D eigenvalue weighted by Gasteiger charge is -2.19. The van der Waals surface area contributed by atoms with Gasteiger partial charge in [0, 0.05) is 11.5 Å². The Kier molecular flexibility index (Phi) is 5.27. The molecule has 122 valence electrons. The summed E-state index contributed by atoms with van der Waals surface area (Å²) in [6, 6.07) is 11.5. The number of ether oxygens (including phenoxy) is 3. The maximum absolute atomic E-state index is 11.9. The van der Waals surface area contributed by atoms with E-state index >= 15 is 0 Å². The second-order valence-electron chi connectivity index (χ2n) is 5.32. The van der Waals surface area contributed by atoms with E-state index in [4.69, 9.17) is 14.2 Å². The van der Waals surface area contributed by atoms with Gasteiger partial charge in [0.05, 0.1) is 21.3 Å². The van der Waals surface area contributed by atoms with Crippen molar-refractivity contribution in [1.29, 1.82) is 0 Å². The van der Waals surface area contributed by atoms with E-state index in [0.717, 1.165) is 16.7 Å². The van der Waals surface area contributed by atoms with Gasteiger partial charge in [0.15, 0.2) is 17.3 Å². The summed E-state index contributed by atoms with van der Waals surface area (Å²) in [6.45, 7) is 3.64. The van der Waals surface area contributed by atoms with Crippen molar-refractivity contribution < 1.29 is 19.0 Å². The number of hydrogen-bond acceptors (Lipinski definition) is 4. The molecule has 2 aromatic rings. The molecule has 0 amide bonds. The molecular weight excluding hydrogens is 292 g/mol. The summed E-state index contributed by atoms with van der Waals surface area (Å²) in [6.07, 6.45) is 0. The van der Waals surface area contributed by atoms with E-state index in [0.29, 0.717) is 17.2 Å². The molecule has 0 fully saturated rings. The zero-order valence-electron chi connectivity index (χ0n) is 14.2. The van der Waals surface area contributed by atoms with E-state index in [1.807, 2.05) is 36.4 Å². The highest BCUT2D eigenvalue weighted by atomic mass is 16.5. The number of rotatable bonds is 6. The van der Waals surface area contributed by atoms with Crippen molar-refractivity contribution in [3.63, 3.8) is 0 Å². The maximum atomic E-state index is 11.9. The molecule has 0 N–H and O–H groups in total. The van der Waals surface area contributed by atoms with E-state index in [9.17, 15) is 4.79 Å². The van der Waals surface area contributed by atoms with Crippen LogP contribution in [-0.4, -0.2) is 27.1 Å². The second-order valence-corrected chi connectivity index (χ2v) is 5.32. The lowest BCUT2D eigenvalue weighted by atomic mass is 9.88.